The average molecular weight is 359 g/mol. The minimum Gasteiger partial charge on any atom is -0.448 e. The van der Waals surface area contributed by atoms with Gasteiger partial charge in [0, 0.05) is 31.6 Å². The van der Waals surface area contributed by atoms with Gasteiger partial charge in [-0.15, -0.1) is 0 Å². The molecule has 1 spiro atoms. The van der Waals surface area contributed by atoms with Gasteiger partial charge >= 0.3 is 6.03 Å². The summed E-state index contributed by atoms with van der Waals surface area (Å²) in [6, 6.07) is 4.75. The van der Waals surface area contributed by atoms with E-state index in [1.54, 1.807) is 18.2 Å². The van der Waals surface area contributed by atoms with Crippen molar-refractivity contribution in [2.45, 2.75) is 37.9 Å². The third-order valence-electron chi connectivity index (χ3n) is 4.97. The molecule has 2 heterocycles. The molecule has 8 nitrogen and oxygen atoms in total. The van der Waals surface area contributed by atoms with Gasteiger partial charge in [-0.05, 0) is 25.0 Å². The highest BCUT2D eigenvalue weighted by molar-refractivity contribution is 6.06. The molecule has 4 amide bonds. The van der Waals surface area contributed by atoms with Crippen molar-refractivity contribution in [1.82, 2.24) is 9.80 Å². The number of hydrogen-bond donors (Lipinski definition) is 1. The third-order valence-corrected chi connectivity index (χ3v) is 4.97. The van der Waals surface area contributed by atoms with E-state index in [1.807, 2.05) is 0 Å². The SMILES string of the molecule is CN1CC(=O)N(CC(=O)Nc2ccc3c(c2)OC2(CCCCC2)O3)C1=O. The first-order valence-corrected chi connectivity index (χ1v) is 8.83. The summed E-state index contributed by atoms with van der Waals surface area (Å²) in [5, 5.41) is 2.71. The van der Waals surface area contributed by atoms with E-state index >= 15 is 0 Å². The molecule has 1 aliphatic carbocycles. The Morgan fingerprint density at radius 3 is 2.58 bits per heavy atom. The summed E-state index contributed by atoms with van der Waals surface area (Å²) in [5.74, 6) is -0.0950. The number of rotatable bonds is 3. The predicted octanol–water partition coefficient (Wildman–Crippen LogP) is 1.95. The van der Waals surface area contributed by atoms with Crippen LogP contribution in [0.1, 0.15) is 32.1 Å². The second-order valence-corrected chi connectivity index (χ2v) is 7.00. The normalized spacial score (nSPS) is 20.8. The van der Waals surface area contributed by atoms with E-state index in [9.17, 15) is 14.4 Å². The van der Waals surface area contributed by atoms with Gasteiger partial charge in [0.15, 0.2) is 11.5 Å². The second-order valence-electron chi connectivity index (χ2n) is 7.00. The van der Waals surface area contributed by atoms with Crippen molar-refractivity contribution in [3.63, 3.8) is 0 Å². The number of nitrogens with zero attached hydrogens (tertiary/aromatic N) is 2. The Labute approximate surface area is 151 Å². The van der Waals surface area contributed by atoms with Gasteiger partial charge < -0.3 is 19.7 Å². The topological polar surface area (TPSA) is 88.2 Å². The van der Waals surface area contributed by atoms with E-state index in [1.165, 1.54) is 18.4 Å². The molecule has 0 aromatic heterocycles. The van der Waals surface area contributed by atoms with Crippen molar-refractivity contribution < 1.29 is 23.9 Å². The molecule has 8 heteroatoms. The number of urea groups is 1. The van der Waals surface area contributed by atoms with Crippen molar-refractivity contribution in [3.05, 3.63) is 18.2 Å². The summed E-state index contributed by atoms with van der Waals surface area (Å²) in [6.45, 7) is -0.307. The van der Waals surface area contributed by atoms with Gasteiger partial charge in [-0.3, -0.25) is 14.5 Å². The van der Waals surface area contributed by atoms with Crippen LogP contribution < -0.4 is 14.8 Å². The van der Waals surface area contributed by atoms with Crippen molar-refractivity contribution >= 4 is 23.5 Å². The van der Waals surface area contributed by atoms with E-state index in [0.717, 1.165) is 30.6 Å². The van der Waals surface area contributed by atoms with Crippen LogP contribution in [0.4, 0.5) is 10.5 Å². The largest absolute Gasteiger partial charge is 0.448 e. The van der Waals surface area contributed by atoms with Gasteiger partial charge in [-0.2, -0.15) is 0 Å². The quantitative estimate of drug-likeness (QED) is 0.834. The van der Waals surface area contributed by atoms with Crippen LogP contribution in [-0.4, -0.2) is 53.6 Å². The van der Waals surface area contributed by atoms with Crippen molar-refractivity contribution in [2.75, 3.05) is 25.5 Å². The molecular weight excluding hydrogens is 338 g/mol. The summed E-state index contributed by atoms with van der Waals surface area (Å²) in [5.41, 5.74) is 0.539. The number of nitrogens with one attached hydrogen (secondary N) is 1. The zero-order valence-electron chi connectivity index (χ0n) is 14.6. The predicted molar refractivity (Wildman–Crippen MR) is 91.9 cm³/mol. The molecule has 1 aromatic carbocycles. The first-order chi connectivity index (χ1) is 12.5. The van der Waals surface area contributed by atoms with Gasteiger partial charge in [0.2, 0.25) is 5.91 Å². The van der Waals surface area contributed by atoms with E-state index in [-0.39, 0.29) is 19.0 Å². The van der Waals surface area contributed by atoms with Crippen molar-refractivity contribution in [1.29, 1.82) is 0 Å². The molecule has 1 saturated heterocycles. The maximum absolute atomic E-state index is 12.2. The van der Waals surface area contributed by atoms with Crippen molar-refractivity contribution in [2.24, 2.45) is 0 Å². The minimum atomic E-state index is -0.567. The molecule has 0 atom stereocenters. The average Bonchev–Trinajstić information content (AvgIpc) is 3.06. The lowest BCUT2D eigenvalue weighted by Crippen LogP contribution is -2.40. The Balaban J connectivity index is 1.41. The fourth-order valence-electron chi connectivity index (χ4n) is 3.63. The number of benzene rings is 1. The lowest BCUT2D eigenvalue weighted by molar-refractivity contribution is -0.129. The molecule has 0 radical (unpaired) electrons. The molecule has 4 rings (SSSR count). The summed E-state index contributed by atoms with van der Waals surface area (Å²) >= 11 is 0. The first-order valence-electron chi connectivity index (χ1n) is 8.83. The molecule has 138 valence electrons. The molecule has 3 aliphatic rings. The standard InChI is InChI=1S/C18H21N3O5/c1-20-11-16(23)21(17(20)24)10-15(22)19-12-5-6-13-14(9-12)26-18(25-13)7-3-2-4-8-18/h5-6,9H,2-4,7-8,10-11H2,1H3,(H,19,22). The Morgan fingerprint density at radius 2 is 1.88 bits per heavy atom. The summed E-state index contributed by atoms with van der Waals surface area (Å²) in [4.78, 5) is 38.0. The van der Waals surface area contributed by atoms with Gasteiger partial charge in [-0.1, -0.05) is 6.42 Å². The van der Waals surface area contributed by atoms with Gasteiger partial charge in [-0.25, -0.2) is 4.79 Å². The Kier molecular flexibility index (Phi) is 3.97. The number of fused-ring (bicyclic) bond motifs is 1. The molecule has 2 aliphatic heterocycles. The van der Waals surface area contributed by atoms with Crippen LogP contribution in [-0.2, 0) is 9.59 Å². The number of carbonyl (C=O) groups excluding carboxylic acids is 3. The molecule has 1 aromatic rings. The Bertz CT molecular complexity index is 772. The summed E-state index contributed by atoms with van der Waals surface area (Å²) < 4.78 is 12.0. The number of amides is 4. The maximum Gasteiger partial charge on any atom is 0.327 e. The third kappa shape index (κ3) is 2.95. The number of ether oxygens (including phenoxy) is 2. The zero-order valence-corrected chi connectivity index (χ0v) is 14.6. The lowest BCUT2D eigenvalue weighted by atomic mass is 9.94. The monoisotopic (exact) mass is 359 g/mol. The second kappa shape index (κ2) is 6.19. The highest BCUT2D eigenvalue weighted by atomic mass is 16.7. The minimum absolute atomic E-state index is 0.00177. The van der Waals surface area contributed by atoms with Gasteiger partial charge in [0.1, 0.15) is 13.1 Å². The highest BCUT2D eigenvalue weighted by Crippen LogP contribution is 2.46. The van der Waals surface area contributed by atoms with Crippen LogP contribution in [0.15, 0.2) is 18.2 Å². The van der Waals surface area contributed by atoms with Gasteiger partial charge in [0.05, 0.1) is 0 Å². The van der Waals surface area contributed by atoms with E-state index in [0.29, 0.717) is 17.2 Å². The fraction of sp³-hybridized carbons (Fsp3) is 0.500. The molecule has 1 saturated carbocycles. The number of anilines is 1. The number of likely N-dealkylation sites (N-methyl/N-ethyl adjacent to an activating group) is 1. The molecule has 26 heavy (non-hydrogen) atoms. The summed E-state index contributed by atoms with van der Waals surface area (Å²) in [6.07, 6.45) is 5.05. The number of carbonyl (C=O) groups is 3. The van der Waals surface area contributed by atoms with Crippen LogP contribution >= 0.6 is 0 Å². The lowest BCUT2D eigenvalue weighted by Gasteiger charge is -2.31. The van der Waals surface area contributed by atoms with E-state index in [2.05, 4.69) is 5.32 Å². The van der Waals surface area contributed by atoms with Gasteiger partial charge in [0.25, 0.3) is 11.7 Å². The fourth-order valence-corrected chi connectivity index (χ4v) is 3.63. The van der Waals surface area contributed by atoms with Crippen LogP contribution in [0.5, 0.6) is 11.5 Å². The van der Waals surface area contributed by atoms with E-state index < -0.39 is 17.7 Å². The van der Waals surface area contributed by atoms with Crippen LogP contribution in [0.2, 0.25) is 0 Å². The molecule has 2 fully saturated rings. The number of imide groups is 1. The van der Waals surface area contributed by atoms with Crippen LogP contribution in [0.25, 0.3) is 0 Å². The zero-order chi connectivity index (χ0) is 18.3. The Morgan fingerprint density at radius 1 is 1.15 bits per heavy atom. The number of hydrogen-bond acceptors (Lipinski definition) is 5. The highest BCUT2D eigenvalue weighted by Gasteiger charge is 2.42. The molecule has 1 N–H and O–H groups in total. The first kappa shape index (κ1) is 16.7. The van der Waals surface area contributed by atoms with Crippen molar-refractivity contribution in [3.8, 4) is 11.5 Å². The van der Waals surface area contributed by atoms with E-state index in [4.69, 9.17) is 9.47 Å². The molecule has 0 bridgehead atoms. The van der Waals surface area contributed by atoms with Crippen LogP contribution in [0, 0.1) is 0 Å². The van der Waals surface area contributed by atoms with Crippen LogP contribution in [0.3, 0.4) is 0 Å². The molecule has 0 unspecified atom stereocenters. The molecular formula is C18H21N3O5. The smallest absolute Gasteiger partial charge is 0.327 e. The summed E-state index contributed by atoms with van der Waals surface area (Å²) in [7, 11) is 1.52. The maximum atomic E-state index is 12.2. The Hall–Kier alpha value is -2.77.